The van der Waals surface area contributed by atoms with Crippen molar-refractivity contribution in [3.05, 3.63) is 29.8 Å². The van der Waals surface area contributed by atoms with Gasteiger partial charge in [0.2, 0.25) is 5.91 Å². The van der Waals surface area contributed by atoms with Gasteiger partial charge in [0, 0.05) is 12.1 Å². The smallest absolute Gasteiger partial charge is 0.234 e. The first kappa shape index (κ1) is 13.9. The topological polar surface area (TPSA) is 61.4 Å². The fourth-order valence-electron chi connectivity index (χ4n) is 1.97. The van der Waals surface area contributed by atoms with Crippen molar-refractivity contribution in [3.8, 4) is 5.75 Å². The molecule has 2 rings (SSSR count). The zero-order valence-electron chi connectivity index (χ0n) is 11.4. The van der Waals surface area contributed by atoms with E-state index >= 15 is 0 Å². The molecule has 104 valence electrons. The van der Waals surface area contributed by atoms with Gasteiger partial charge in [-0.1, -0.05) is 12.1 Å². The lowest BCUT2D eigenvalue weighted by atomic mass is 10.1. The zero-order valence-corrected chi connectivity index (χ0v) is 11.4. The first-order chi connectivity index (χ1) is 9.13. The quantitative estimate of drug-likeness (QED) is 0.699. The van der Waals surface area contributed by atoms with Crippen LogP contribution in [0, 0.1) is 0 Å². The molecule has 0 saturated heterocycles. The van der Waals surface area contributed by atoms with Gasteiger partial charge < -0.3 is 15.7 Å². The average molecular weight is 262 g/mol. The molecule has 1 aliphatic rings. The Balaban J connectivity index is 1.64. The number of amides is 1. The minimum atomic E-state index is 0.0742. The van der Waals surface area contributed by atoms with E-state index in [1.807, 2.05) is 19.1 Å². The molecule has 1 aromatic carbocycles. The summed E-state index contributed by atoms with van der Waals surface area (Å²) in [5, 5.41) is 15.4. The summed E-state index contributed by atoms with van der Waals surface area (Å²) in [6, 6.07) is 7.95. The maximum absolute atomic E-state index is 11.6. The molecule has 1 atom stereocenters. The highest BCUT2D eigenvalue weighted by Crippen LogP contribution is 2.18. The van der Waals surface area contributed by atoms with Crippen LogP contribution in [0.3, 0.4) is 0 Å². The van der Waals surface area contributed by atoms with Gasteiger partial charge in [0.15, 0.2) is 0 Å². The van der Waals surface area contributed by atoms with Crippen molar-refractivity contribution >= 4 is 5.91 Å². The average Bonchev–Trinajstić information content (AvgIpc) is 3.20. The SMILES string of the molecule is CC(CCc1ccc(O)cc1)NC(=O)CNC1CC1. The van der Waals surface area contributed by atoms with Gasteiger partial charge in [-0.15, -0.1) is 0 Å². The summed E-state index contributed by atoms with van der Waals surface area (Å²) in [5.41, 5.74) is 1.18. The van der Waals surface area contributed by atoms with Crippen LogP contribution < -0.4 is 10.6 Å². The van der Waals surface area contributed by atoms with Gasteiger partial charge in [-0.3, -0.25) is 4.79 Å². The monoisotopic (exact) mass is 262 g/mol. The van der Waals surface area contributed by atoms with Crippen LogP contribution in [0.15, 0.2) is 24.3 Å². The van der Waals surface area contributed by atoms with E-state index < -0.39 is 0 Å². The molecule has 1 amide bonds. The fourth-order valence-corrected chi connectivity index (χ4v) is 1.97. The van der Waals surface area contributed by atoms with E-state index in [0.717, 1.165) is 12.8 Å². The minimum absolute atomic E-state index is 0.0742. The Labute approximate surface area is 114 Å². The van der Waals surface area contributed by atoms with Crippen LogP contribution in [0.5, 0.6) is 5.75 Å². The van der Waals surface area contributed by atoms with Crippen molar-refractivity contribution in [2.45, 2.75) is 44.7 Å². The number of aromatic hydroxyl groups is 1. The van der Waals surface area contributed by atoms with E-state index in [4.69, 9.17) is 0 Å². The molecule has 0 heterocycles. The summed E-state index contributed by atoms with van der Waals surface area (Å²) in [7, 11) is 0. The van der Waals surface area contributed by atoms with Crippen molar-refractivity contribution in [3.63, 3.8) is 0 Å². The van der Waals surface area contributed by atoms with Crippen LogP contribution in [-0.2, 0) is 11.2 Å². The number of aryl methyl sites for hydroxylation is 1. The molecule has 1 fully saturated rings. The molecule has 1 unspecified atom stereocenters. The number of hydrogen-bond donors (Lipinski definition) is 3. The lowest BCUT2D eigenvalue weighted by Crippen LogP contribution is -2.39. The molecular weight excluding hydrogens is 240 g/mol. The summed E-state index contributed by atoms with van der Waals surface area (Å²) in [6.07, 6.45) is 4.20. The molecule has 4 nitrogen and oxygen atoms in total. The zero-order chi connectivity index (χ0) is 13.7. The first-order valence-electron chi connectivity index (χ1n) is 6.94. The summed E-state index contributed by atoms with van der Waals surface area (Å²) in [5.74, 6) is 0.362. The first-order valence-corrected chi connectivity index (χ1v) is 6.94. The Morgan fingerprint density at radius 3 is 2.68 bits per heavy atom. The van der Waals surface area contributed by atoms with Crippen LogP contribution in [-0.4, -0.2) is 29.6 Å². The van der Waals surface area contributed by atoms with E-state index in [9.17, 15) is 9.90 Å². The second kappa shape index (κ2) is 6.57. The van der Waals surface area contributed by atoms with E-state index in [-0.39, 0.29) is 17.7 Å². The predicted molar refractivity (Wildman–Crippen MR) is 75.1 cm³/mol. The van der Waals surface area contributed by atoms with Crippen molar-refractivity contribution in [2.75, 3.05) is 6.54 Å². The number of phenols is 1. The molecule has 3 N–H and O–H groups in total. The summed E-state index contributed by atoms with van der Waals surface area (Å²) in [4.78, 5) is 11.6. The summed E-state index contributed by atoms with van der Waals surface area (Å²) < 4.78 is 0. The molecule has 0 bridgehead atoms. The third-order valence-corrected chi connectivity index (χ3v) is 3.34. The molecule has 1 saturated carbocycles. The fraction of sp³-hybridized carbons (Fsp3) is 0.533. The second-order valence-electron chi connectivity index (χ2n) is 5.33. The highest BCUT2D eigenvalue weighted by Gasteiger charge is 2.21. The number of phenolic OH excluding ortho intramolecular Hbond substituents is 1. The Bertz CT molecular complexity index is 413. The Hall–Kier alpha value is -1.55. The van der Waals surface area contributed by atoms with Crippen LogP contribution in [0.2, 0.25) is 0 Å². The Morgan fingerprint density at radius 2 is 2.05 bits per heavy atom. The van der Waals surface area contributed by atoms with Crippen molar-refractivity contribution in [2.24, 2.45) is 0 Å². The van der Waals surface area contributed by atoms with Crippen LogP contribution in [0.4, 0.5) is 0 Å². The third-order valence-electron chi connectivity index (χ3n) is 3.34. The molecule has 0 spiro atoms. The van der Waals surface area contributed by atoms with E-state index in [2.05, 4.69) is 10.6 Å². The summed E-state index contributed by atoms with van der Waals surface area (Å²) >= 11 is 0. The lowest BCUT2D eigenvalue weighted by Gasteiger charge is -2.14. The van der Waals surface area contributed by atoms with Crippen molar-refractivity contribution in [1.82, 2.24) is 10.6 Å². The minimum Gasteiger partial charge on any atom is -0.508 e. The van der Waals surface area contributed by atoms with Crippen molar-refractivity contribution < 1.29 is 9.90 Å². The van der Waals surface area contributed by atoms with E-state index in [0.29, 0.717) is 12.6 Å². The number of carbonyl (C=O) groups excluding carboxylic acids is 1. The van der Waals surface area contributed by atoms with E-state index in [1.165, 1.54) is 18.4 Å². The molecule has 0 aromatic heterocycles. The number of nitrogens with one attached hydrogen (secondary N) is 2. The molecule has 19 heavy (non-hydrogen) atoms. The standard InChI is InChI=1S/C15H22N2O2/c1-11(17-15(19)10-16-13-6-7-13)2-3-12-4-8-14(18)9-5-12/h4-5,8-9,11,13,16,18H,2-3,6-7,10H2,1H3,(H,17,19). The largest absolute Gasteiger partial charge is 0.508 e. The molecular formula is C15H22N2O2. The Kier molecular flexibility index (Phi) is 4.80. The lowest BCUT2D eigenvalue weighted by molar-refractivity contribution is -0.120. The summed E-state index contributed by atoms with van der Waals surface area (Å²) in [6.45, 7) is 2.45. The molecule has 1 aliphatic carbocycles. The predicted octanol–water partition coefficient (Wildman–Crippen LogP) is 1.58. The van der Waals surface area contributed by atoms with Gasteiger partial charge in [0.1, 0.15) is 5.75 Å². The number of hydrogen-bond acceptors (Lipinski definition) is 3. The normalized spacial score (nSPS) is 16.1. The van der Waals surface area contributed by atoms with Crippen molar-refractivity contribution in [1.29, 1.82) is 0 Å². The molecule has 0 aliphatic heterocycles. The highest BCUT2D eigenvalue weighted by molar-refractivity contribution is 5.78. The van der Waals surface area contributed by atoms with Gasteiger partial charge in [0.05, 0.1) is 6.54 Å². The molecule has 4 heteroatoms. The van der Waals surface area contributed by atoms with Crippen LogP contribution in [0.1, 0.15) is 31.7 Å². The van der Waals surface area contributed by atoms with E-state index in [1.54, 1.807) is 12.1 Å². The maximum atomic E-state index is 11.6. The van der Waals surface area contributed by atoms with Gasteiger partial charge >= 0.3 is 0 Å². The van der Waals surface area contributed by atoms with Gasteiger partial charge in [0.25, 0.3) is 0 Å². The number of benzene rings is 1. The van der Waals surface area contributed by atoms with Gasteiger partial charge in [-0.2, -0.15) is 0 Å². The van der Waals surface area contributed by atoms with Crippen LogP contribution >= 0.6 is 0 Å². The number of rotatable bonds is 7. The van der Waals surface area contributed by atoms with Crippen LogP contribution in [0.25, 0.3) is 0 Å². The number of carbonyl (C=O) groups is 1. The third kappa shape index (κ3) is 5.30. The Morgan fingerprint density at radius 1 is 1.37 bits per heavy atom. The van der Waals surface area contributed by atoms with Gasteiger partial charge in [-0.05, 0) is 50.3 Å². The maximum Gasteiger partial charge on any atom is 0.234 e. The molecule has 0 radical (unpaired) electrons. The van der Waals surface area contributed by atoms with Gasteiger partial charge in [-0.25, -0.2) is 0 Å². The second-order valence-corrected chi connectivity index (χ2v) is 5.33. The molecule has 1 aromatic rings. The highest BCUT2D eigenvalue weighted by atomic mass is 16.3.